The summed E-state index contributed by atoms with van der Waals surface area (Å²) in [6, 6.07) is 10.8. The van der Waals surface area contributed by atoms with Crippen molar-refractivity contribution in [3.8, 4) is 0 Å². The van der Waals surface area contributed by atoms with E-state index in [0.717, 1.165) is 11.0 Å². The first kappa shape index (κ1) is 13.0. The lowest BCUT2D eigenvalue weighted by atomic mass is 10.1. The lowest BCUT2D eigenvalue weighted by molar-refractivity contribution is 0.728. The summed E-state index contributed by atoms with van der Waals surface area (Å²) in [6.45, 7) is 6.42. The summed E-state index contributed by atoms with van der Waals surface area (Å²) in [7, 11) is 2.07. The molecule has 0 aliphatic rings. The Kier molecular flexibility index (Phi) is 3.97. The molecule has 0 bridgehead atoms. The Morgan fingerprint density at radius 1 is 1.11 bits per heavy atom. The Bertz CT molecular complexity index is 493. The van der Waals surface area contributed by atoms with Crippen molar-refractivity contribution in [2.75, 3.05) is 11.9 Å². The van der Waals surface area contributed by atoms with Gasteiger partial charge in [0.05, 0.1) is 6.04 Å². The van der Waals surface area contributed by atoms with Gasteiger partial charge in [0.15, 0.2) is 0 Å². The van der Waals surface area contributed by atoms with E-state index in [1.165, 1.54) is 17.1 Å². The Hall–Kier alpha value is -1.42. The fourth-order valence-corrected chi connectivity index (χ4v) is 2.57. The molecule has 0 amide bonds. The van der Waals surface area contributed by atoms with E-state index in [1.54, 1.807) is 0 Å². The van der Waals surface area contributed by atoms with Crippen LogP contribution in [-0.4, -0.2) is 16.4 Å². The highest BCUT2D eigenvalue weighted by Crippen LogP contribution is 2.27. The van der Waals surface area contributed by atoms with Crippen LogP contribution < -0.4 is 4.90 Å². The molecule has 0 aliphatic carbocycles. The van der Waals surface area contributed by atoms with Crippen LogP contribution in [-0.2, 0) is 0 Å². The van der Waals surface area contributed by atoms with Gasteiger partial charge in [0.25, 0.3) is 0 Å². The lowest BCUT2D eigenvalue weighted by Gasteiger charge is -2.24. The second-order valence-electron chi connectivity index (χ2n) is 4.79. The number of nitrogens with zero attached hydrogens (tertiary/aromatic N) is 3. The van der Waals surface area contributed by atoms with Crippen LogP contribution >= 0.6 is 11.5 Å². The third-order valence-corrected chi connectivity index (χ3v) is 3.93. The van der Waals surface area contributed by atoms with Gasteiger partial charge in [-0.25, -0.2) is 4.98 Å². The van der Waals surface area contributed by atoms with E-state index in [0.29, 0.717) is 12.0 Å². The van der Waals surface area contributed by atoms with Crippen molar-refractivity contribution in [3.63, 3.8) is 0 Å². The van der Waals surface area contributed by atoms with Crippen molar-refractivity contribution in [2.24, 2.45) is 0 Å². The van der Waals surface area contributed by atoms with Crippen molar-refractivity contribution in [1.82, 2.24) is 9.36 Å². The van der Waals surface area contributed by atoms with E-state index in [1.807, 2.05) is 6.07 Å². The zero-order valence-corrected chi connectivity index (χ0v) is 12.1. The number of anilines is 1. The summed E-state index contributed by atoms with van der Waals surface area (Å²) >= 11 is 1.47. The molecule has 2 aromatic rings. The van der Waals surface area contributed by atoms with Crippen LogP contribution in [0.4, 0.5) is 5.13 Å². The maximum Gasteiger partial charge on any atom is 0.205 e. The largest absolute Gasteiger partial charge is 0.343 e. The standard InChI is InChI=1S/C14H19N3S/c1-10(2)13-15-14(18-16-13)17(4)11(3)12-8-6-5-7-9-12/h5-11H,1-4H3. The molecule has 0 radical (unpaired) electrons. The van der Waals surface area contributed by atoms with Gasteiger partial charge in [-0.1, -0.05) is 44.2 Å². The van der Waals surface area contributed by atoms with Gasteiger partial charge in [0.2, 0.25) is 5.13 Å². The van der Waals surface area contributed by atoms with Gasteiger partial charge in [0, 0.05) is 24.5 Å². The fourth-order valence-electron chi connectivity index (χ4n) is 1.73. The monoisotopic (exact) mass is 261 g/mol. The van der Waals surface area contributed by atoms with E-state index in [4.69, 9.17) is 0 Å². The molecule has 0 saturated heterocycles. The lowest BCUT2D eigenvalue weighted by Crippen LogP contribution is -2.21. The molecule has 1 aromatic carbocycles. The molecule has 4 heteroatoms. The van der Waals surface area contributed by atoms with E-state index in [2.05, 4.69) is 66.3 Å². The third-order valence-electron chi connectivity index (χ3n) is 3.11. The predicted molar refractivity (Wildman–Crippen MR) is 77.3 cm³/mol. The summed E-state index contributed by atoms with van der Waals surface area (Å²) in [4.78, 5) is 6.77. The zero-order valence-electron chi connectivity index (χ0n) is 11.3. The van der Waals surface area contributed by atoms with Crippen molar-refractivity contribution < 1.29 is 0 Å². The molecule has 0 aliphatic heterocycles. The normalized spacial score (nSPS) is 12.7. The molecular formula is C14H19N3S. The fraction of sp³-hybridized carbons (Fsp3) is 0.429. The minimum absolute atomic E-state index is 0.305. The van der Waals surface area contributed by atoms with Gasteiger partial charge in [-0.3, -0.25) is 0 Å². The first-order chi connectivity index (χ1) is 8.59. The molecule has 0 saturated carbocycles. The van der Waals surface area contributed by atoms with Crippen LogP contribution in [0.1, 0.15) is 44.1 Å². The third kappa shape index (κ3) is 2.70. The van der Waals surface area contributed by atoms with E-state index in [9.17, 15) is 0 Å². The van der Waals surface area contributed by atoms with Gasteiger partial charge < -0.3 is 4.90 Å². The van der Waals surface area contributed by atoms with Crippen molar-refractivity contribution in [2.45, 2.75) is 32.7 Å². The molecule has 3 nitrogen and oxygen atoms in total. The van der Waals surface area contributed by atoms with Crippen LogP contribution in [0.3, 0.4) is 0 Å². The van der Waals surface area contributed by atoms with Gasteiger partial charge in [0.1, 0.15) is 5.82 Å². The molecule has 18 heavy (non-hydrogen) atoms. The second kappa shape index (κ2) is 5.48. The van der Waals surface area contributed by atoms with E-state index < -0.39 is 0 Å². The average molecular weight is 261 g/mol. The zero-order chi connectivity index (χ0) is 13.1. The van der Waals surface area contributed by atoms with Crippen LogP contribution in [0.15, 0.2) is 30.3 Å². The molecule has 96 valence electrons. The molecular weight excluding hydrogens is 242 g/mol. The van der Waals surface area contributed by atoms with Crippen molar-refractivity contribution in [1.29, 1.82) is 0 Å². The summed E-state index contributed by atoms with van der Waals surface area (Å²) in [5, 5.41) is 0.982. The van der Waals surface area contributed by atoms with Crippen molar-refractivity contribution >= 4 is 16.7 Å². The van der Waals surface area contributed by atoms with E-state index >= 15 is 0 Å². The molecule has 1 aromatic heterocycles. The van der Waals surface area contributed by atoms with Crippen LogP contribution in [0.5, 0.6) is 0 Å². The first-order valence-corrected chi connectivity index (χ1v) is 6.98. The van der Waals surface area contributed by atoms with E-state index in [-0.39, 0.29) is 0 Å². The van der Waals surface area contributed by atoms with Crippen LogP contribution in [0, 0.1) is 0 Å². The summed E-state index contributed by atoms with van der Waals surface area (Å²) in [5.41, 5.74) is 1.29. The Morgan fingerprint density at radius 3 is 2.33 bits per heavy atom. The summed E-state index contributed by atoms with van der Waals surface area (Å²) < 4.78 is 4.40. The first-order valence-electron chi connectivity index (χ1n) is 6.21. The Labute approximate surface area is 113 Å². The molecule has 2 rings (SSSR count). The van der Waals surface area contributed by atoms with Crippen LogP contribution in [0.2, 0.25) is 0 Å². The highest BCUT2D eigenvalue weighted by molar-refractivity contribution is 7.09. The topological polar surface area (TPSA) is 29.0 Å². The minimum atomic E-state index is 0.305. The Balaban J connectivity index is 2.17. The van der Waals surface area contributed by atoms with Crippen molar-refractivity contribution in [3.05, 3.63) is 41.7 Å². The maximum atomic E-state index is 4.59. The van der Waals surface area contributed by atoms with Gasteiger partial charge in [-0.2, -0.15) is 4.37 Å². The molecule has 1 heterocycles. The molecule has 0 fully saturated rings. The highest BCUT2D eigenvalue weighted by atomic mass is 32.1. The Morgan fingerprint density at radius 2 is 1.78 bits per heavy atom. The quantitative estimate of drug-likeness (QED) is 0.837. The molecule has 0 spiro atoms. The number of aromatic nitrogens is 2. The summed E-state index contributed by atoms with van der Waals surface area (Å²) in [6.07, 6.45) is 0. The highest BCUT2D eigenvalue weighted by Gasteiger charge is 2.16. The molecule has 1 atom stereocenters. The average Bonchev–Trinajstić information content (AvgIpc) is 2.88. The van der Waals surface area contributed by atoms with Crippen LogP contribution in [0.25, 0.3) is 0 Å². The SMILES string of the molecule is CC(C)c1nsc(N(C)C(C)c2ccccc2)n1. The predicted octanol–water partition coefficient (Wildman–Crippen LogP) is 3.86. The van der Waals surface area contributed by atoms with Gasteiger partial charge in [-0.05, 0) is 12.5 Å². The number of benzene rings is 1. The minimum Gasteiger partial charge on any atom is -0.343 e. The molecule has 0 N–H and O–H groups in total. The number of rotatable bonds is 4. The number of hydrogen-bond donors (Lipinski definition) is 0. The van der Waals surface area contributed by atoms with Gasteiger partial charge in [-0.15, -0.1) is 0 Å². The number of hydrogen-bond acceptors (Lipinski definition) is 4. The van der Waals surface area contributed by atoms with Gasteiger partial charge >= 0.3 is 0 Å². The summed E-state index contributed by atoms with van der Waals surface area (Å²) in [5.74, 6) is 1.32. The smallest absolute Gasteiger partial charge is 0.205 e. The molecule has 1 unspecified atom stereocenters. The maximum absolute atomic E-state index is 4.59. The second-order valence-corrected chi connectivity index (χ2v) is 5.52.